The molecule has 1 nitrogen and oxygen atoms in total. The Kier molecular flexibility index (Phi) is 4.74. The van der Waals surface area contributed by atoms with Gasteiger partial charge in [0, 0.05) is 12.3 Å². The summed E-state index contributed by atoms with van der Waals surface area (Å²) in [5.74, 6) is 0.867. The first kappa shape index (κ1) is 13.1. The van der Waals surface area contributed by atoms with Gasteiger partial charge in [-0.05, 0) is 43.2 Å². The van der Waals surface area contributed by atoms with Gasteiger partial charge in [-0.1, -0.05) is 43.3 Å². The molecule has 1 aromatic carbocycles. The van der Waals surface area contributed by atoms with Crippen molar-refractivity contribution in [3.63, 3.8) is 0 Å². The van der Waals surface area contributed by atoms with E-state index in [2.05, 4.69) is 30.8 Å². The Bertz CT molecular complexity index is 405. The van der Waals surface area contributed by atoms with Crippen molar-refractivity contribution in [3.05, 3.63) is 42.5 Å². The molecule has 0 N–H and O–H groups in total. The molecule has 0 aliphatic heterocycles. The number of carbonyl (C=O) groups is 1. The van der Waals surface area contributed by atoms with Crippen molar-refractivity contribution in [2.75, 3.05) is 0 Å². The van der Waals surface area contributed by atoms with E-state index in [1.807, 2.05) is 6.07 Å². The van der Waals surface area contributed by atoms with Gasteiger partial charge in [0.15, 0.2) is 0 Å². The monoisotopic (exact) mass is 242 g/mol. The third-order valence-corrected chi connectivity index (χ3v) is 3.89. The quantitative estimate of drug-likeness (QED) is 0.665. The molecule has 1 heteroatoms. The van der Waals surface area contributed by atoms with E-state index >= 15 is 0 Å². The molecule has 0 saturated heterocycles. The molecule has 1 unspecified atom stereocenters. The lowest BCUT2D eigenvalue weighted by atomic mass is 9.96. The molecule has 18 heavy (non-hydrogen) atoms. The molecule has 1 aliphatic rings. The van der Waals surface area contributed by atoms with Gasteiger partial charge in [0.25, 0.3) is 0 Å². The molecule has 1 atom stereocenters. The summed E-state index contributed by atoms with van der Waals surface area (Å²) >= 11 is 0. The van der Waals surface area contributed by atoms with Crippen LogP contribution in [-0.2, 0) is 4.79 Å². The number of allylic oxidation sites excluding steroid dienone is 1. The van der Waals surface area contributed by atoms with E-state index in [9.17, 15) is 4.79 Å². The second-order valence-corrected chi connectivity index (χ2v) is 5.27. The first-order chi connectivity index (χ1) is 8.77. The van der Waals surface area contributed by atoms with Crippen LogP contribution in [0.1, 0.15) is 50.5 Å². The molecule has 0 aromatic heterocycles. The maximum Gasteiger partial charge on any atom is 0.135 e. The average Bonchev–Trinajstić information content (AvgIpc) is 2.81. The minimum Gasteiger partial charge on any atom is -0.299 e. The third-order valence-electron chi connectivity index (χ3n) is 3.89. The van der Waals surface area contributed by atoms with Gasteiger partial charge in [0.1, 0.15) is 5.78 Å². The Balaban J connectivity index is 1.66. The second kappa shape index (κ2) is 6.53. The van der Waals surface area contributed by atoms with E-state index < -0.39 is 0 Å². The molecule has 1 saturated carbocycles. The highest BCUT2D eigenvalue weighted by Crippen LogP contribution is 2.27. The molecule has 1 fully saturated rings. The van der Waals surface area contributed by atoms with E-state index in [1.165, 1.54) is 11.1 Å². The van der Waals surface area contributed by atoms with Gasteiger partial charge in [0.2, 0.25) is 0 Å². The molecule has 1 aliphatic carbocycles. The van der Waals surface area contributed by atoms with Crippen LogP contribution in [0.25, 0.3) is 5.57 Å². The van der Waals surface area contributed by atoms with E-state index in [4.69, 9.17) is 0 Å². The summed E-state index contributed by atoms with van der Waals surface area (Å²) < 4.78 is 0. The number of Topliss-reactive ketones (excluding diaryl/α,β-unsaturated/α-hetero) is 1. The molecule has 0 heterocycles. The van der Waals surface area contributed by atoms with Crippen molar-refractivity contribution in [3.8, 4) is 0 Å². The molecule has 2 rings (SSSR count). The van der Waals surface area contributed by atoms with Crippen LogP contribution < -0.4 is 0 Å². The fourth-order valence-electron chi connectivity index (χ4n) is 2.74. The Morgan fingerprint density at radius 2 is 2.00 bits per heavy atom. The van der Waals surface area contributed by atoms with Gasteiger partial charge >= 0.3 is 0 Å². The third kappa shape index (κ3) is 3.56. The van der Waals surface area contributed by atoms with E-state index in [0.29, 0.717) is 11.7 Å². The predicted molar refractivity (Wildman–Crippen MR) is 76.3 cm³/mol. The standard InChI is InChI=1S/C17H22O/c1-14(15-9-3-2-4-10-15)8-5-6-11-16-12-7-13-17(16)18/h2-4,9-10,16H,1,5-8,11-13H2. The molecule has 0 bridgehead atoms. The fourth-order valence-corrected chi connectivity index (χ4v) is 2.74. The van der Waals surface area contributed by atoms with Gasteiger partial charge < -0.3 is 0 Å². The van der Waals surface area contributed by atoms with Crippen LogP contribution in [0.15, 0.2) is 36.9 Å². The number of carbonyl (C=O) groups excluding carboxylic acids is 1. The molecular weight excluding hydrogens is 220 g/mol. The summed E-state index contributed by atoms with van der Waals surface area (Å²) in [5.41, 5.74) is 2.46. The van der Waals surface area contributed by atoms with Crippen molar-refractivity contribution in [1.82, 2.24) is 0 Å². The van der Waals surface area contributed by atoms with Crippen LogP contribution in [0.4, 0.5) is 0 Å². The van der Waals surface area contributed by atoms with Crippen molar-refractivity contribution in [1.29, 1.82) is 0 Å². The Labute approximate surface area is 110 Å². The molecule has 96 valence electrons. The average molecular weight is 242 g/mol. The second-order valence-electron chi connectivity index (χ2n) is 5.27. The van der Waals surface area contributed by atoms with Gasteiger partial charge in [-0.15, -0.1) is 0 Å². The largest absolute Gasteiger partial charge is 0.299 e. The van der Waals surface area contributed by atoms with E-state index in [0.717, 1.165) is 44.9 Å². The summed E-state index contributed by atoms with van der Waals surface area (Å²) in [6, 6.07) is 10.4. The SMILES string of the molecule is C=C(CCCCC1CCCC1=O)c1ccccc1. The van der Waals surface area contributed by atoms with Crippen molar-refractivity contribution in [2.24, 2.45) is 5.92 Å². The normalized spacial score (nSPS) is 19.1. The lowest BCUT2D eigenvalue weighted by molar-refractivity contribution is -0.120. The zero-order valence-electron chi connectivity index (χ0n) is 11.0. The highest BCUT2D eigenvalue weighted by Gasteiger charge is 2.23. The minimum absolute atomic E-state index is 0.370. The molecule has 0 spiro atoms. The van der Waals surface area contributed by atoms with Crippen molar-refractivity contribution in [2.45, 2.75) is 44.9 Å². The highest BCUT2D eigenvalue weighted by atomic mass is 16.1. The van der Waals surface area contributed by atoms with Gasteiger partial charge in [-0.3, -0.25) is 4.79 Å². The summed E-state index contributed by atoms with van der Waals surface area (Å²) in [4.78, 5) is 11.5. The maximum absolute atomic E-state index is 11.5. The fraction of sp³-hybridized carbons (Fsp3) is 0.471. The lowest BCUT2D eigenvalue weighted by Crippen LogP contribution is -2.05. The first-order valence-electron chi connectivity index (χ1n) is 7.03. The maximum atomic E-state index is 11.5. The van der Waals surface area contributed by atoms with Crippen LogP contribution in [0.5, 0.6) is 0 Å². The summed E-state index contributed by atoms with van der Waals surface area (Å²) in [7, 11) is 0. The predicted octanol–water partition coefficient (Wildman–Crippen LogP) is 4.63. The zero-order chi connectivity index (χ0) is 12.8. The van der Waals surface area contributed by atoms with Crippen LogP contribution in [-0.4, -0.2) is 5.78 Å². The van der Waals surface area contributed by atoms with Crippen LogP contribution >= 0.6 is 0 Å². The number of benzene rings is 1. The van der Waals surface area contributed by atoms with E-state index in [-0.39, 0.29) is 0 Å². The van der Waals surface area contributed by atoms with Gasteiger partial charge in [0.05, 0.1) is 0 Å². The van der Waals surface area contributed by atoms with Gasteiger partial charge in [-0.2, -0.15) is 0 Å². The molecule has 1 aromatic rings. The Morgan fingerprint density at radius 3 is 2.67 bits per heavy atom. The van der Waals surface area contributed by atoms with Crippen LogP contribution in [0, 0.1) is 5.92 Å². The number of hydrogen-bond donors (Lipinski definition) is 0. The zero-order valence-corrected chi connectivity index (χ0v) is 11.0. The first-order valence-corrected chi connectivity index (χ1v) is 7.03. The lowest BCUT2D eigenvalue weighted by Gasteiger charge is -2.08. The Hall–Kier alpha value is -1.37. The van der Waals surface area contributed by atoms with Crippen LogP contribution in [0.3, 0.4) is 0 Å². The number of unbranched alkanes of at least 4 members (excludes halogenated alkanes) is 1. The molecule has 0 radical (unpaired) electrons. The minimum atomic E-state index is 0.370. The topological polar surface area (TPSA) is 17.1 Å². The summed E-state index contributed by atoms with van der Waals surface area (Å²) in [6.45, 7) is 4.14. The smallest absolute Gasteiger partial charge is 0.135 e. The summed E-state index contributed by atoms with van der Waals surface area (Å²) in [6.07, 6.45) is 7.49. The Morgan fingerprint density at radius 1 is 1.22 bits per heavy atom. The molecule has 0 amide bonds. The molecular formula is C17H22O. The number of hydrogen-bond acceptors (Lipinski definition) is 1. The number of ketones is 1. The highest BCUT2D eigenvalue weighted by molar-refractivity contribution is 5.82. The van der Waals surface area contributed by atoms with Crippen molar-refractivity contribution >= 4 is 11.4 Å². The number of rotatable bonds is 6. The van der Waals surface area contributed by atoms with Gasteiger partial charge in [-0.25, -0.2) is 0 Å². The van der Waals surface area contributed by atoms with Crippen LogP contribution in [0.2, 0.25) is 0 Å². The summed E-state index contributed by atoms with van der Waals surface area (Å²) in [5, 5.41) is 0. The van der Waals surface area contributed by atoms with E-state index in [1.54, 1.807) is 0 Å². The van der Waals surface area contributed by atoms with Crippen molar-refractivity contribution < 1.29 is 4.79 Å².